The van der Waals surface area contributed by atoms with Gasteiger partial charge in [-0.2, -0.15) is 0 Å². The van der Waals surface area contributed by atoms with Gasteiger partial charge in [0.15, 0.2) is 0 Å². The maximum atomic E-state index is 11.2. The van der Waals surface area contributed by atoms with Crippen molar-refractivity contribution < 1.29 is 42.5 Å². The van der Waals surface area contributed by atoms with Crippen LogP contribution in [0, 0.1) is 0 Å². The molecule has 0 heterocycles. The summed E-state index contributed by atoms with van der Waals surface area (Å²) in [7, 11) is -4.45. The summed E-state index contributed by atoms with van der Waals surface area (Å²) < 4.78 is 33.6. The van der Waals surface area contributed by atoms with Crippen LogP contribution in [0.25, 0.3) is 33.4 Å². The van der Waals surface area contributed by atoms with Crippen molar-refractivity contribution in [3.63, 3.8) is 0 Å². The van der Waals surface area contributed by atoms with Crippen molar-refractivity contribution in [1.29, 1.82) is 0 Å². The molecule has 5 heteroatoms. The Bertz CT molecular complexity index is 1150. The molecule has 0 atom stereocenters. The monoisotopic (exact) mass is 408 g/mol. The Kier molecular flexibility index (Phi) is 6.73. The second kappa shape index (κ2) is 9.08. The molecule has 0 amide bonds. The maximum absolute atomic E-state index is 11.2. The van der Waals surface area contributed by atoms with Gasteiger partial charge in [0.2, 0.25) is 0 Å². The Morgan fingerprint density at radius 1 is 0.483 bits per heavy atom. The molecule has 4 aromatic carbocycles. The van der Waals surface area contributed by atoms with Gasteiger partial charge in [-0.05, 0) is 63.7 Å². The predicted molar refractivity (Wildman–Crippen MR) is 111 cm³/mol. The molecule has 0 saturated heterocycles. The van der Waals surface area contributed by atoms with Crippen LogP contribution in [0.2, 0.25) is 0 Å². The van der Waals surface area contributed by atoms with Crippen molar-refractivity contribution >= 4 is 10.1 Å². The molecule has 0 radical (unpaired) electrons. The van der Waals surface area contributed by atoms with E-state index in [0.717, 1.165) is 33.4 Å². The fraction of sp³-hybridized carbons (Fsp3) is 0. The first-order chi connectivity index (χ1) is 13.5. The van der Waals surface area contributed by atoms with Crippen molar-refractivity contribution in [3.8, 4) is 33.4 Å². The summed E-state index contributed by atoms with van der Waals surface area (Å²) in [4.78, 5) is -0.223. The first-order valence-electron chi connectivity index (χ1n) is 8.83. The molecule has 0 fully saturated rings. The van der Waals surface area contributed by atoms with E-state index in [2.05, 4.69) is 42.5 Å². The van der Waals surface area contributed by atoms with Gasteiger partial charge in [-0.1, -0.05) is 72.8 Å². The second-order valence-corrected chi connectivity index (χ2v) is 7.89. The van der Waals surface area contributed by atoms with Crippen LogP contribution in [-0.4, -0.2) is 13.0 Å². The van der Waals surface area contributed by atoms with E-state index in [1.54, 1.807) is 12.1 Å². The van der Waals surface area contributed by atoms with E-state index < -0.39 is 10.1 Å². The van der Waals surface area contributed by atoms with Crippen molar-refractivity contribution in [2.24, 2.45) is 0 Å². The maximum Gasteiger partial charge on any atom is 1.00 e. The topological polar surface area (TPSA) is 57.2 Å². The van der Waals surface area contributed by atoms with E-state index in [1.807, 2.05) is 36.4 Å². The summed E-state index contributed by atoms with van der Waals surface area (Å²) in [6, 6.07) is 32.5. The molecule has 0 aliphatic rings. The average molecular weight is 408 g/mol. The Hall–Kier alpha value is -2.21. The van der Waals surface area contributed by atoms with E-state index in [0.29, 0.717) is 0 Å². The third-order valence-electron chi connectivity index (χ3n) is 4.62. The molecule has 138 valence electrons. The summed E-state index contributed by atoms with van der Waals surface area (Å²) in [6.45, 7) is 0. The Morgan fingerprint density at radius 3 is 1.17 bits per heavy atom. The molecule has 0 spiro atoms. The zero-order valence-electron chi connectivity index (χ0n) is 15.9. The first-order valence-corrected chi connectivity index (χ1v) is 10.2. The number of rotatable bonds is 4. The predicted octanol–water partition coefficient (Wildman–Crippen LogP) is 2.60. The van der Waals surface area contributed by atoms with Gasteiger partial charge in [-0.3, -0.25) is 0 Å². The van der Waals surface area contributed by atoms with Crippen LogP contribution in [0.5, 0.6) is 0 Å². The van der Waals surface area contributed by atoms with Crippen LogP contribution in [0.1, 0.15) is 0 Å². The van der Waals surface area contributed by atoms with Crippen LogP contribution >= 0.6 is 0 Å². The van der Waals surface area contributed by atoms with Crippen LogP contribution in [0.4, 0.5) is 0 Å². The third kappa shape index (κ3) is 5.04. The minimum Gasteiger partial charge on any atom is -0.744 e. The molecule has 4 aromatic rings. The van der Waals surface area contributed by atoms with Crippen molar-refractivity contribution in [2.45, 2.75) is 4.90 Å². The molecule has 0 N–H and O–H groups in total. The van der Waals surface area contributed by atoms with Gasteiger partial charge >= 0.3 is 29.6 Å². The molecular formula is C24H17NaO3S. The molecule has 4 rings (SSSR count). The average Bonchev–Trinajstić information content (AvgIpc) is 2.74. The Labute approximate surface area is 193 Å². The molecule has 0 aliphatic carbocycles. The Balaban J connectivity index is 0.00000240. The fourth-order valence-electron chi connectivity index (χ4n) is 3.20. The van der Waals surface area contributed by atoms with Crippen LogP contribution in [0.3, 0.4) is 0 Å². The normalized spacial score (nSPS) is 10.9. The van der Waals surface area contributed by atoms with E-state index >= 15 is 0 Å². The molecule has 0 aromatic heterocycles. The number of hydrogen-bond donors (Lipinski definition) is 0. The van der Waals surface area contributed by atoms with Crippen LogP contribution < -0.4 is 29.6 Å². The largest absolute Gasteiger partial charge is 1.00 e. The zero-order chi connectivity index (χ0) is 19.6. The molecule has 0 unspecified atom stereocenters. The summed E-state index contributed by atoms with van der Waals surface area (Å²) in [5.41, 5.74) is 6.13. The molecule has 3 nitrogen and oxygen atoms in total. The third-order valence-corrected chi connectivity index (χ3v) is 5.47. The fourth-order valence-corrected chi connectivity index (χ4v) is 3.67. The van der Waals surface area contributed by atoms with Gasteiger partial charge < -0.3 is 4.55 Å². The van der Waals surface area contributed by atoms with E-state index in [1.165, 1.54) is 12.1 Å². The first kappa shape index (κ1) is 21.5. The van der Waals surface area contributed by atoms with E-state index in [4.69, 9.17) is 0 Å². The number of benzene rings is 4. The standard InChI is InChI=1S/C24H18O3S.Na/c25-28(26,27)24-13-11-20(12-14-24)23-16-21(18-7-3-1-4-8-18)15-22(17-23)19-9-5-2-6-10-19;/h1-17H,(H,25,26,27);/q;+1/p-1. The van der Waals surface area contributed by atoms with Gasteiger partial charge in [-0.15, -0.1) is 0 Å². The number of hydrogen-bond acceptors (Lipinski definition) is 3. The van der Waals surface area contributed by atoms with Crippen molar-refractivity contribution in [1.82, 2.24) is 0 Å². The SMILES string of the molecule is O=S(=O)([O-])c1ccc(-c2cc(-c3ccccc3)cc(-c3ccccc3)c2)cc1.[Na+]. The van der Waals surface area contributed by atoms with E-state index in [9.17, 15) is 13.0 Å². The molecule has 0 bridgehead atoms. The minimum atomic E-state index is -4.45. The van der Waals surface area contributed by atoms with Gasteiger partial charge in [0.25, 0.3) is 0 Å². The van der Waals surface area contributed by atoms with E-state index in [-0.39, 0.29) is 34.5 Å². The van der Waals surface area contributed by atoms with Gasteiger partial charge in [0, 0.05) is 0 Å². The molecule has 29 heavy (non-hydrogen) atoms. The van der Waals surface area contributed by atoms with Crippen molar-refractivity contribution in [2.75, 3.05) is 0 Å². The summed E-state index contributed by atoms with van der Waals surface area (Å²) in [5, 5.41) is 0. The summed E-state index contributed by atoms with van der Waals surface area (Å²) in [6.07, 6.45) is 0. The molecule has 0 aliphatic heterocycles. The van der Waals surface area contributed by atoms with Crippen LogP contribution in [-0.2, 0) is 10.1 Å². The second-order valence-electron chi connectivity index (χ2n) is 6.51. The molecular weight excluding hydrogens is 391 g/mol. The van der Waals surface area contributed by atoms with Crippen LogP contribution in [0.15, 0.2) is 108 Å². The summed E-state index contributed by atoms with van der Waals surface area (Å²) in [5.74, 6) is 0. The van der Waals surface area contributed by atoms with Gasteiger partial charge in [0.1, 0.15) is 10.1 Å². The Morgan fingerprint density at radius 2 is 0.828 bits per heavy atom. The zero-order valence-corrected chi connectivity index (χ0v) is 18.8. The van der Waals surface area contributed by atoms with Crippen molar-refractivity contribution in [3.05, 3.63) is 103 Å². The smallest absolute Gasteiger partial charge is 0.744 e. The van der Waals surface area contributed by atoms with Gasteiger partial charge in [0.05, 0.1) is 4.90 Å². The minimum absolute atomic E-state index is 0. The molecule has 0 saturated carbocycles. The quantitative estimate of drug-likeness (QED) is 0.385. The van der Waals surface area contributed by atoms with Gasteiger partial charge in [-0.25, -0.2) is 8.42 Å². The summed E-state index contributed by atoms with van der Waals surface area (Å²) >= 11 is 0.